The molecule has 1 amide bonds. The van der Waals surface area contributed by atoms with Gasteiger partial charge in [-0.05, 0) is 17.0 Å². The first-order chi connectivity index (χ1) is 9.68. The maximum atomic E-state index is 11.7. The third-order valence-electron chi connectivity index (χ3n) is 3.35. The number of carbonyl (C=O) groups excluding carboxylic acids is 1. The number of primary amides is 1. The van der Waals surface area contributed by atoms with Crippen LogP contribution in [0.4, 0.5) is 0 Å². The van der Waals surface area contributed by atoms with E-state index in [4.69, 9.17) is 5.73 Å². The molecule has 0 aliphatic rings. The molecule has 0 aliphatic heterocycles. The molecular weight excluding hydrogens is 250 g/mol. The van der Waals surface area contributed by atoms with Gasteiger partial charge in [0.25, 0.3) is 0 Å². The Kier molecular flexibility index (Phi) is 2.88. The molecule has 3 N–H and O–H groups in total. The van der Waals surface area contributed by atoms with Gasteiger partial charge in [0.2, 0.25) is 5.91 Å². The predicted octanol–water partition coefficient (Wildman–Crippen LogP) is 3.31. The van der Waals surface area contributed by atoms with Gasteiger partial charge >= 0.3 is 0 Å². The highest BCUT2D eigenvalue weighted by molar-refractivity contribution is 6.08. The Hall–Kier alpha value is -2.81. The molecule has 0 heterocycles. The first kappa shape index (κ1) is 12.2. The number of aromatic hydroxyl groups is 1. The Morgan fingerprint density at radius 1 is 0.950 bits per heavy atom. The summed E-state index contributed by atoms with van der Waals surface area (Å²) in [5.74, 6) is -0.465. The van der Waals surface area contributed by atoms with Crippen LogP contribution in [-0.2, 0) is 0 Å². The van der Waals surface area contributed by atoms with Crippen molar-refractivity contribution in [2.45, 2.75) is 0 Å². The Balaban J connectivity index is 2.42. The third-order valence-corrected chi connectivity index (χ3v) is 3.35. The van der Waals surface area contributed by atoms with Crippen LogP contribution in [0.3, 0.4) is 0 Å². The van der Waals surface area contributed by atoms with Gasteiger partial charge in [0, 0.05) is 10.9 Å². The van der Waals surface area contributed by atoms with Crippen LogP contribution in [0.25, 0.3) is 21.9 Å². The highest BCUT2D eigenvalue weighted by atomic mass is 16.3. The van der Waals surface area contributed by atoms with Crippen molar-refractivity contribution in [2.75, 3.05) is 0 Å². The molecule has 0 fully saturated rings. The fraction of sp³-hybridized carbons (Fsp3) is 0. The van der Waals surface area contributed by atoms with Crippen molar-refractivity contribution in [3.05, 3.63) is 66.2 Å². The third kappa shape index (κ3) is 1.89. The standard InChI is InChI=1S/C17H13NO2/c18-17(20)14-10-12-8-4-5-9-13(12)16(19)15(14)11-6-2-1-3-7-11/h1-10,19H,(H2,18,20). The number of nitrogens with two attached hydrogens (primary N) is 1. The molecule has 0 saturated carbocycles. The molecule has 0 spiro atoms. The number of benzene rings is 3. The van der Waals surface area contributed by atoms with E-state index in [0.717, 1.165) is 10.9 Å². The molecule has 0 aliphatic carbocycles. The van der Waals surface area contributed by atoms with Crippen LogP contribution in [0.15, 0.2) is 60.7 Å². The average Bonchev–Trinajstić information content (AvgIpc) is 2.48. The predicted molar refractivity (Wildman–Crippen MR) is 79.6 cm³/mol. The van der Waals surface area contributed by atoms with Crippen LogP contribution in [0.2, 0.25) is 0 Å². The van der Waals surface area contributed by atoms with E-state index >= 15 is 0 Å². The van der Waals surface area contributed by atoms with E-state index in [2.05, 4.69) is 0 Å². The van der Waals surface area contributed by atoms with Crippen molar-refractivity contribution < 1.29 is 9.90 Å². The molecule has 20 heavy (non-hydrogen) atoms. The summed E-state index contributed by atoms with van der Waals surface area (Å²) < 4.78 is 0. The summed E-state index contributed by atoms with van der Waals surface area (Å²) in [6.07, 6.45) is 0. The second-order valence-electron chi connectivity index (χ2n) is 4.60. The van der Waals surface area contributed by atoms with E-state index in [-0.39, 0.29) is 5.75 Å². The molecule has 3 nitrogen and oxygen atoms in total. The number of carbonyl (C=O) groups is 1. The van der Waals surface area contributed by atoms with E-state index in [9.17, 15) is 9.90 Å². The summed E-state index contributed by atoms with van der Waals surface area (Å²) >= 11 is 0. The minimum atomic E-state index is -0.551. The van der Waals surface area contributed by atoms with Crippen molar-refractivity contribution in [1.82, 2.24) is 0 Å². The highest BCUT2D eigenvalue weighted by Crippen LogP contribution is 2.38. The van der Waals surface area contributed by atoms with Gasteiger partial charge in [0.05, 0.1) is 5.56 Å². The Morgan fingerprint density at radius 3 is 2.30 bits per heavy atom. The number of phenols is 1. The van der Waals surface area contributed by atoms with Crippen LogP contribution in [0.5, 0.6) is 5.75 Å². The van der Waals surface area contributed by atoms with Crippen molar-refractivity contribution in [2.24, 2.45) is 5.73 Å². The summed E-state index contributed by atoms with van der Waals surface area (Å²) in [4.78, 5) is 11.7. The van der Waals surface area contributed by atoms with E-state index in [1.54, 1.807) is 6.07 Å². The second kappa shape index (κ2) is 4.70. The van der Waals surface area contributed by atoms with Gasteiger partial charge in [-0.25, -0.2) is 0 Å². The molecular formula is C17H13NO2. The summed E-state index contributed by atoms with van der Waals surface area (Å²) in [7, 11) is 0. The molecule has 0 saturated heterocycles. The molecule has 0 radical (unpaired) electrons. The van der Waals surface area contributed by atoms with Gasteiger partial charge in [0.1, 0.15) is 5.75 Å². The van der Waals surface area contributed by atoms with Crippen molar-refractivity contribution in [3.63, 3.8) is 0 Å². The zero-order valence-electron chi connectivity index (χ0n) is 10.7. The van der Waals surface area contributed by atoms with E-state index < -0.39 is 5.91 Å². The Bertz CT molecular complexity index is 795. The van der Waals surface area contributed by atoms with E-state index in [1.807, 2.05) is 54.6 Å². The molecule has 0 bridgehead atoms. The van der Waals surface area contributed by atoms with E-state index in [0.29, 0.717) is 16.5 Å². The molecule has 98 valence electrons. The Morgan fingerprint density at radius 2 is 1.60 bits per heavy atom. The molecule has 0 aromatic heterocycles. The van der Waals surface area contributed by atoms with Crippen molar-refractivity contribution in [3.8, 4) is 16.9 Å². The molecule has 3 heteroatoms. The lowest BCUT2D eigenvalue weighted by molar-refractivity contribution is 0.100. The van der Waals surface area contributed by atoms with Crippen LogP contribution in [-0.4, -0.2) is 11.0 Å². The minimum Gasteiger partial charge on any atom is -0.507 e. The fourth-order valence-electron chi connectivity index (χ4n) is 2.42. The van der Waals surface area contributed by atoms with Crippen LogP contribution in [0.1, 0.15) is 10.4 Å². The monoisotopic (exact) mass is 263 g/mol. The molecule has 3 rings (SSSR count). The van der Waals surface area contributed by atoms with Gasteiger partial charge in [-0.1, -0.05) is 54.6 Å². The summed E-state index contributed by atoms with van der Waals surface area (Å²) in [6.45, 7) is 0. The summed E-state index contributed by atoms with van der Waals surface area (Å²) in [6, 6.07) is 18.4. The van der Waals surface area contributed by atoms with Gasteiger partial charge in [-0.15, -0.1) is 0 Å². The number of rotatable bonds is 2. The SMILES string of the molecule is NC(=O)c1cc2ccccc2c(O)c1-c1ccccc1. The summed E-state index contributed by atoms with van der Waals surface area (Å²) in [5.41, 5.74) is 7.04. The Labute approximate surface area is 116 Å². The molecule has 3 aromatic carbocycles. The molecule has 0 unspecified atom stereocenters. The number of hydrogen-bond donors (Lipinski definition) is 2. The number of fused-ring (bicyclic) bond motifs is 1. The zero-order valence-corrected chi connectivity index (χ0v) is 10.7. The smallest absolute Gasteiger partial charge is 0.249 e. The normalized spacial score (nSPS) is 10.6. The second-order valence-corrected chi connectivity index (χ2v) is 4.60. The largest absolute Gasteiger partial charge is 0.507 e. The van der Waals surface area contributed by atoms with Gasteiger partial charge in [0.15, 0.2) is 0 Å². The number of hydrogen-bond acceptors (Lipinski definition) is 2. The van der Waals surface area contributed by atoms with Gasteiger partial charge < -0.3 is 10.8 Å². The van der Waals surface area contributed by atoms with Crippen molar-refractivity contribution in [1.29, 1.82) is 0 Å². The number of phenolic OH excluding ortho intramolecular Hbond substituents is 1. The minimum absolute atomic E-state index is 0.0862. The van der Waals surface area contributed by atoms with Gasteiger partial charge in [-0.3, -0.25) is 4.79 Å². The van der Waals surface area contributed by atoms with Crippen LogP contribution >= 0.6 is 0 Å². The highest BCUT2D eigenvalue weighted by Gasteiger charge is 2.17. The van der Waals surface area contributed by atoms with E-state index in [1.165, 1.54) is 0 Å². The maximum Gasteiger partial charge on any atom is 0.249 e. The summed E-state index contributed by atoms with van der Waals surface area (Å²) in [5, 5.41) is 12.0. The first-order valence-electron chi connectivity index (χ1n) is 6.28. The lowest BCUT2D eigenvalue weighted by Crippen LogP contribution is -2.12. The maximum absolute atomic E-state index is 11.7. The van der Waals surface area contributed by atoms with Gasteiger partial charge in [-0.2, -0.15) is 0 Å². The molecule has 3 aromatic rings. The van der Waals surface area contributed by atoms with Crippen LogP contribution in [0, 0.1) is 0 Å². The average molecular weight is 263 g/mol. The lowest BCUT2D eigenvalue weighted by atomic mass is 9.94. The fourth-order valence-corrected chi connectivity index (χ4v) is 2.42. The topological polar surface area (TPSA) is 63.3 Å². The zero-order chi connectivity index (χ0) is 14.1. The quantitative estimate of drug-likeness (QED) is 0.745. The molecule has 0 atom stereocenters. The lowest BCUT2D eigenvalue weighted by Gasteiger charge is -2.12. The first-order valence-corrected chi connectivity index (χ1v) is 6.28. The van der Waals surface area contributed by atoms with Crippen molar-refractivity contribution >= 4 is 16.7 Å². The number of amides is 1. The van der Waals surface area contributed by atoms with Crippen LogP contribution < -0.4 is 5.73 Å².